The standard InChI is InChI=1S/C21H28N4O4.HI/c1-14-18(20(27)28-5)12-17(29-14)13-24-21(22-2)23-10-9-15-7-6-8-16(11-15)19(26)25(3)4;/h6-8,11-12H,9-10,13H2,1-5H3,(H2,22,23,24);1H. The molecule has 8 nitrogen and oxygen atoms in total. The van der Waals surface area contributed by atoms with Gasteiger partial charge in [0.05, 0.1) is 13.7 Å². The number of carbonyl (C=O) groups excluding carboxylic acids is 2. The number of carbonyl (C=O) groups is 2. The fourth-order valence-corrected chi connectivity index (χ4v) is 2.78. The summed E-state index contributed by atoms with van der Waals surface area (Å²) in [5, 5.41) is 6.37. The lowest BCUT2D eigenvalue weighted by Gasteiger charge is -2.13. The lowest BCUT2D eigenvalue weighted by atomic mass is 10.1. The van der Waals surface area contributed by atoms with E-state index in [1.165, 1.54) is 7.11 Å². The Morgan fingerprint density at radius 1 is 1.20 bits per heavy atom. The Kier molecular flexibility index (Phi) is 10.4. The van der Waals surface area contributed by atoms with E-state index in [0.29, 0.717) is 41.7 Å². The average molecular weight is 528 g/mol. The topological polar surface area (TPSA) is 96.2 Å². The first-order chi connectivity index (χ1) is 13.8. The number of aryl methyl sites for hydroxylation is 1. The van der Waals surface area contributed by atoms with Crippen molar-refractivity contribution in [1.82, 2.24) is 15.5 Å². The fourth-order valence-electron chi connectivity index (χ4n) is 2.78. The smallest absolute Gasteiger partial charge is 0.341 e. The third kappa shape index (κ3) is 7.05. The predicted molar refractivity (Wildman–Crippen MR) is 127 cm³/mol. The average Bonchev–Trinajstić information content (AvgIpc) is 3.10. The maximum absolute atomic E-state index is 12.1. The van der Waals surface area contributed by atoms with Gasteiger partial charge in [0.15, 0.2) is 5.96 Å². The molecule has 0 atom stereocenters. The van der Waals surface area contributed by atoms with Gasteiger partial charge in [0.2, 0.25) is 0 Å². The van der Waals surface area contributed by atoms with Crippen molar-refractivity contribution in [2.75, 3.05) is 34.8 Å². The van der Waals surface area contributed by atoms with Crippen molar-refractivity contribution in [2.45, 2.75) is 19.9 Å². The molecule has 1 heterocycles. The van der Waals surface area contributed by atoms with Crippen LogP contribution in [0.4, 0.5) is 0 Å². The summed E-state index contributed by atoms with van der Waals surface area (Å²) in [6.45, 7) is 2.74. The van der Waals surface area contributed by atoms with Crippen LogP contribution in [0.15, 0.2) is 39.7 Å². The van der Waals surface area contributed by atoms with Crippen molar-refractivity contribution in [3.8, 4) is 0 Å². The quantitative estimate of drug-likeness (QED) is 0.248. The number of furan rings is 1. The molecule has 0 aliphatic carbocycles. The van der Waals surface area contributed by atoms with E-state index in [0.717, 1.165) is 12.0 Å². The van der Waals surface area contributed by atoms with Crippen LogP contribution in [-0.2, 0) is 17.7 Å². The lowest BCUT2D eigenvalue weighted by molar-refractivity contribution is 0.0598. The molecule has 0 aliphatic heterocycles. The first-order valence-electron chi connectivity index (χ1n) is 9.28. The Morgan fingerprint density at radius 3 is 2.57 bits per heavy atom. The number of aliphatic imine (C=N–C) groups is 1. The number of amides is 1. The largest absolute Gasteiger partial charge is 0.465 e. The van der Waals surface area contributed by atoms with E-state index in [1.807, 2.05) is 24.3 Å². The summed E-state index contributed by atoms with van der Waals surface area (Å²) < 4.78 is 10.3. The molecular weight excluding hydrogens is 499 g/mol. The van der Waals surface area contributed by atoms with Crippen molar-refractivity contribution in [1.29, 1.82) is 0 Å². The molecule has 2 rings (SSSR count). The molecule has 0 aliphatic rings. The molecule has 1 aromatic carbocycles. The summed E-state index contributed by atoms with van der Waals surface area (Å²) in [6, 6.07) is 9.25. The van der Waals surface area contributed by atoms with Gasteiger partial charge in [-0.05, 0) is 37.1 Å². The van der Waals surface area contributed by atoms with Crippen molar-refractivity contribution < 1.29 is 18.7 Å². The Hall–Kier alpha value is -2.56. The van der Waals surface area contributed by atoms with E-state index in [-0.39, 0.29) is 29.9 Å². The first-order valence-corrected chi connectivity index (χ1v) is 9.28. The number of nitrogens with zero attached hydrogens (tertiary/aromatic N) is 2. The highest BCUT2D eigenvalue weighted by molar-refractivity contribution is 14.0. The van der Waals surface area contributed by atoms with Crippen LogP contribution in [0.1, 0.15) is 37.8 Å². The molecule has 0 saturated heterocycles. The summed E-state index contributed by atoms with van der Waals surface area (Å²) >= 11 is 0. The zero-order valence-corrected chi connectivity index (χ0v) is 20.3. The molecule has 0 bridgehead atoms. The van der Waals surface area contributed by atoms with E-state index >= 15 is 0 Å². The SMILES string of the molecule is CN=C(NCCc1cccc(C(=O)N(C)C)c1)NCc1cc(C(=O)OC)c(C)o1.I. The molecule has 0 saturated carbocycles. The van der Waals surface area contributed by atoms with Crippen LogP contribution in [0.3, 0.4) is 0 Å². The van der Waals surface area contributed by atoms with Gasteiger partial charge in [0.1, 0.15) is 17.1 Å². The van der Waals surface area contributed by atoms with Crippen LogP contribution in [0, 0.1) is 6.92 Å². The zero-order chi connectivity index (χ0) is 21.4. The van der Waals surface area contributed by atoms with Crippen LogP contribution < -0.4 is 10.6 Å². The molecule has 164 valence electrons. The molecule has 0 fully saturated rings. The molecule has 0 unspecified atom stereocenters. The monoisotopic (exact) mass is 528 g/mol. The van der Waals surface area contributed by atoms with Gasteiger partial charge in [0, 0.05) is 33.3 Å². The van der Waals surface area contributed by atoms with E-state index in [4.69, 9.17) is 9.15 Å². The van der Waals surface area contributed by atoms with Crippen LogP contribution in [0.25, 0.3) is 0 Å². The van der Waals surface area contributed by atoms with Crippen LogP contribution in [-0.4, -0.2) is 57.5 Å². The number of rotatable bonds is 7. The molecular formula is C21H29IN4O4. The number of hydrogen-bond acceptors (Lipinski definition) is 5. The van der Waals surface area contributed by atoms with Gasteiger partial charge in [-0.1, -0.05) is 12.1 Å². The van der Waals surface area contributed by atoms with Gasteiger partial charge in [-0.25, -0.2) is 4.79 Å². The van der Waals surface area contributed by atoms with Gasteiger partial charge in [-0.15, -0.1) is 24.0 Å². The second-order valence-electron chi connectivity index (χ2n) is 6.68. The molecule has 1 aromatic heterocycles. The maximum atomic E-state index is 12.1. The van der Waals surface area contributed by atoms with Gasteiger partial charge in [0.25, 0.3) is 5.91 Å². The van der Waals surface area contributed by atoms with Gasteiger partial charge < -0.3 is 24.7 Å². The second-order valence-corrected chi connectivity index (χ2v) is 6.68. The molecule has 0 radical (unpaired) electrons. The molecule has 0 spiro atoms. The molecule has 2 aromatic rings. The number of ether oxygens (including phenoxy) is 1. The Morgan fingerprint density at radius 2 is 1.93 bits per heavy atom. The second kappa shape index (κ2) is 12.2. The van der Waals surface area contributed by atoms with Crippen molar-refractivity contribution in [3.05, 3.63) is 58.5 Å². The van der Waals surface area contributed by atoms with Gasteiger partial charge in [-0.2, -0.15) is 0 Å². The van der Waals surface area contributed by atoms with Crippen molar-refractivity contribution in [3.63, 3.8) is 0 Å². The normalized spacial score (nSPS) is 10.8. The number of esters is 1. The highest BCUT2D eigenvalue weighted by Gasteiger charge is 2.15. The third-order valence-corrected chi connectivity index (χ3v) is 4.31. The first kappa shape index (κ1) is 25.5. The minimum absolute atomic E-state index is 0. The van der Waals surface area contributed by atoms with E-state index < -0.39 is 5.97 Å². The number of hydrogen-bond donors (Lipinski definition) is 2. The number of methoxy groups -OCH3 is 1. The zero-order valence-electron chi connectivity index (χ0n) is 17.9. The van der Waals surface area contributed by atoms with Crippen molar-refractivity contribution >= 4 is 41.8 Å². The summed E-state index contributed by atoms with van der Waals surface area (Å²) in [5.74, 6) is 1.30. The molecule has 2 N–H and O–H groups in total. The van der Waals surface area contributed by atoms with Crippen LogP contribution in [0.2, 0.25) is 0 Å². The molecule has 30 heavy (non-hydrogen) atoms. The minimum Gasteiger partial charge on any atom is -0.465 e. The predicted octanol–water partition coefficient (Wildman–Crippen LogP) is 2.60. The van der Waals surface area contributed by atoms with E-state index in [9.17, 15) is 9.59 Å². The van der Waals surface area contributed by atoms with Crippen molar-refractivity contribution in [2.24, 2.45) is 4.99 Å². The molecule has 9 heteroatoms. The number of nitrogens with one attached hydrogen (secondary N) is 2. The number of guanidine groups is 1. The summed E-state index contributed by atoms with van der Waals surface area (Å²) in [7, 11) is 6.49. The number of benzene rings is 1. The lowest BCUT2D eigenvalue weighted by Crippen LogP contribution is -2.37. The summed E-state index contributed by atoms with van der Waals surface area (Å²) in [5.41, 5.74) is 2.15. The van der Waals surface area contributed by atoms with Gasteiger partial charge in [-0.3, -0.25) is 9.79 Å². The molecule has 1 amide bonds. The minimum atomic E-state index is -0.421. The Bertz CT molecular complexity index is 893. The van der Waals surface area contributed by atoms with Crippen LogP contribution in [0.5, 0.6) is 0 Å². The highest BCUT2D eigenvalue weighted by Crippen LogP contribution is 2.15. The summed E-state index contributed by atoms with van der Waals surface area (Å²) in [6.07, 6.45) is 0.738. The van der Waals surface area contributed by atoms with Crippen LogP contribution >= 0.6 is 24.0 Å². The summed E-state index contributed by atoms with van der Waals surface area (Å²) in [4.78, 5) is 29.5. The van der Waals surface area contributed by atoms with E-state index in [1.54, 1.807) is 39.0 Å². The van der Waals surface area contributed by atoms with Gasteiger partial charge >= 0.3 is 5.97 Å². The maximum Gasteiger partial charge on any atom is 0.341 e. The van der Waals surface area contributed by atoms with E-state index in [2.05, 4.69) is 15.6 Å². The highest BCUT2D eigenvalue weighted by atomic mass is 127. The number of halogens is 1. The fraction of sp³-hybridized carbons (Fsp3) is 0.381. The third-order valence-electron chi connectivity index (χ3n) is 4.31. The Labute approximate surface area is 194 Å². The Balaban J connectivity index is 0.00000450.